The molecular weight excluding hydrogens is 359 g/mol. The van der Waals surface area contributed by atoms with Crippen LogP contribution in [0.25, 0.3) is 0 Å². The van der Waals surface area contributed by atoms with Gasteiger partial charge in [0.25, 0.3) is 11.8 Å². The molecule has 7 heteroatoms. The van der Waals surface area contributed by atoms with Gasteiger partial charge in [-0.2, -0.15) is 0 Å². The number of nitrogens with zero attached hydrogens (tertiary/aromatic N) is 2. The minimum absolute atomic E-state index is 0.251. The van der Waals surface area contributed by atoms with Crippen molar-refractivity contribution in [1.29, 1.82) is 0 Å². The van der Waals surface area contributed by atoms with Crippen LogP contribution in [0.15, 0.2) is 53.5 Å². The molecule has 1 heterocycles. The van der Waals surface area contributed by atoms with Crippen LogP contribution in [-0.4, -0.2) is 48.9 Å². The van der Waals surface area contributed by atoms with Crippen molar-refractivity contribution < 1.29 is 14.0 Å². The van der Waals surface area contributed by atoms with Crippen LogP contribution in [0.5, 0.6) is 0 Å². The molecule has 0 bridgehead atoms. The fourth-order valence-corrected chi connectivity index (χ4v) is 3.06. The van der Waals surface area contributed by atoms with Crippen molar-refractivity contribution in [1.82, 2.24) is 15.5 Å². The molecule has 0 spiro atoms. The Morgan fingerprint density at radius 2 is 1.75 bits per heavy atom. The Balaban J connectivity index is 1.52. The van der Waals surface area contributed by atoms with E-state index in [4.69, 9.17) is 0 Å². The van der Waals surface area contributed by atoms with Crippen LogP contribution in [-0.2, 0) is 6.42 Å². The van der Waals surface area contributed by atoms with Gasteiger partial charge in [0.05, 0.1) is 11.1 Å². The predicted octanol–water partition coefficient (Wildman–Crippen LogP) is 2.22. The van der Waals surface area contributed by atoms with Crippen LogP contribution in [0.1, 0.15) is 33.2 Å². The molecule has 0 fully saturated rings. The summed E-state index contributed by atoms with van der Waals surface area (Å²) < 4.78 is 13.2. The molecule has 0 unspecified atom stereocenters. The van der Waals surface area contributed by atoms with E-state index in [1.807, 2.05) is 13.0 Å². The first-order valence-corrected chi connectivity index (χ1v) is 9.32. The van der Waals surface area contributed by atoms with Gasteiger partial charge in [-0.15, -0.1) is 0 Å². The Bertz CT molecular complexity index is 862. The molecule has 2 amide bonds. The van der Waals surface area contributed by atoms with Gasteiger partial charge in [-0.3, -0.25) is 19.5 Å². The Hall–Kier alpha value is -3.22. The van der Waals surface area contributed by atoms with Crippen molar-refractivity contribution in [3.8, 4) is 0 Å². The van der Waals surface area contributed by atoms with Crippen LogP contribution in [0.3, 0.4) is 0 Å². The van der Waals surface area contributed by atoms with Gasteiger partial charge >= 0.3 is 0 Å². The van der Waals surface area contributed by atoms with Gasteiger partial charge < -0.3 is 10.6 Å². The monoisotopic (exact) mass is 382 g/mol. The lowest BCUT2D eigenvalue weighted by molar-refractivity contribution is 0.0657. The number of nitrogens with one attached hydrogen (secondary N) is 2. The number of amides is 2. The zero-order chi connectivity index (χ0) is 19.9. The molecule has 6 nitrogen and oxygen atoms in total. The summed E-state index contributed by atoms with van der Waals surface area (Å²) >= 11 is 0. The van der Waals surface area contributed by atoms with E-state index in [0.717, 1.165) is 5.56 Å². The number of hydrogen-bond donors (Lipinski definition) is 2. The Morgan fingerprint density at radius 1 is 1.04 bits per heavy atom. The van der Waals surface area contributed by atoms with E-state index < -0.39 is 0 Å². The SMILES string of the molecule is CCNC(=NCCc1cccc(F)c1)NCCN1C(=O)c2ccccc2C1=O. The van der Waals surface area contributed by atoms with Crippen LogP contribution < -0.4 is 10.6 Å². The molecule has 28 heavy (non-hydrogen) atoms. The second-order valence-electron chi connectivity index (χ2n) is 6.37. The number of fused-ring (bicyclic) bond motifs is 1. The third-order valence-electron chi connectivity index (χ3n) is 4.41. The quantitative estimate of drug-likeness (QED) is 0.438. The van der Waals surface area contributed by atoms with Crippen LogP contribution in [0, 0.1) is 5.82 Å². The third-order valence-corrected chi connectivity index (χ3v) is 4.41. The van der Waals surface area contributed by atoms with Crippen molar-refractivity contribution in [2.45, 2.75) is 13.3 Å². The maximum absolute atomic E-state index is 13.2. The summed E-state index contributed by atoms with van der Waals surface area (Å²) in [4.78, 5) is 30.4. The Labute approximate surface area is 163 Å². The first kappa shape index (κ1) is 19.5. The molecular formula is C21H23FN4O2. The molecule has 0 atom stereocenters. The normalized spacial score (nSPS) is 13.6. The van der Waals surface area contributed by atoms with Crippen molar-refractivity contribution in [3.63, 3.8) is 0 Å². The maximum Gasteiger partial charge on any atom is 0.261 e. The zero-order valence-electron chi connectivity index (χ0n) is 15.7. The van der Waals surface area contributed by atoms with Gasteiger partial charge in [-0.1, -0.05) is 24.3 Å². The van der Waals surface area contributed by atoms with E-state index in [1.54, 1.807) is 30.3 Å². The van der Waals surface area contributed by atoms with Crippen molar-refractivity contribution in [3.05, 3.63) is 71.0 Å². The largest absolute Gasteiger partial charge is 0.357 e. The van der Waals surface area contributed by atoms with Crippen molar-refractivity contribution >= 4 is 17.8 Å². The highest BCUT2D eigenvalue weighted by Crippen LogP contribution is 2.21. The molecule has 146 valence electrons. The average Bonchev–Trinajstić information content (AvgIpc) is 2.93. The summed E-state index contributed by atoms with van der Waals surface area (Å²) in [6.45, 7) is 3.76. The summed E-state index contributed by atoms with van der Waals surface area (Å²) in [6, 6.07) is 13.3. The number of carbonyl (C=O) groups is 2. The van der Waals surface area contributed by atoms with E-state index in [9.17, 15) is 14.0 Å². The molecule has 2 N–H and O–H groups in total. The van der Waals surface area contributed by atoms with Gasteiger partial charge in [0.15, 0.2) is 5.96 Å². The fourth-order valence-electron chi connectivity index (χ4n) is 3.06. The molecule has 1 aliphatic heterocycles. The highest BCUT2D eigenvalue weighted by Gasteiger charge is 2.34. The summed E-state index contributed by atoms with van der Waals surface area (Å²) in [5.74, 6) is -0.200. The van der Waals surface area contributed by atoms with Gasteiger partial charge in [-0.05, 0) is 43.2 Å². The molecule has 0 aliphatic carbocycles. The number of benzene rings is 2. The minimum Gasteiger partial charge on any atom is -0.357 e. The van der Waals surface area contributed by atoms with Gasteiger partial charge in [0.1, 0.15) is 5.82 Å². The zero-order valence-corrected chi connectivity index (χ0v) is 15.7. The molecule has 0 saturated carbocycles. The number of carbonyl (C=O) groups excluding carboxylic acids is 2. The van der Waals surface area contributed by atoms with Crippen LogP contribution in [0.2, 0.25) is 0 Å². The molecule has 2 aromatic carbocycles. The summed E-state index contributed by atoms with van der Waals surface area (Å²) in [6.07, 6.45) is 0.618. The molecule has 1 aliphatic rings. The lowest BCUT2D eigenvalue weighted by Crippen LogP contribution is -2.43. The second kappa shape index (κ2) is 9.12. The van der Waals surface area contributed by atoms with E-state index in [2.05, 4.69) is 15.6 Å². The molecule has 0 radical (unpaired) electrons. The first-order valence-electron chi connectivity index (χ1n) is 9.32. The number of imide groups is 1. The van der Waals surface area contributed by atoms with Gasteiger partial charge in [-0.25, -0.2) is 4.39 Å². The van der Waals surface area contributed by atoms with Gasteiger partial charge in [0.2, 0.25) is 0 Å². The highest BCUT2D eigenvalue weighted by atomic mass is 19.1. The molecule has 0 aromatic heterocycles. The standard InChI is InChI=1S/C21H23FN4O2/c1-2-23-21(24-11-10-15-6-5-7-16(22)14-15)25-12-13-26-19(27)17-8-3-4-9-18(17)20(26)28/h3-9,14H,2,10-13H2,1H3,(H2,23,24,25). The highest BCUT2D eigenvalue weighted by molar-refractivity contribution is 6.21. The smallest absolute Gasteiger partial charge is 0.261 e. The van der Waals surface area contributed by atoms with E-state index in [-0.39, 0.29) is 24.2 Å². The Morgan fingerprint density at radius 3 is 2.39 bits per heavy atom. The minimum atomic E-state index is -0.268. The number of aliphatic imine (C=N–C) groups is 1. The fraction of sp³-hybridized carbons (Fsp3) is 0.286. The predicted molar refractivity (Wildman–Crippen MR) is 106 cm³/mol. The number of guanidine groups is 1. The second-order valence-corrected chi connectivity index (χ2v) is 6.37. The summed E-state index contributed by atoms with van der Waals surface area (Å²) in [5, 5.41) is 6.25. The number of rotatable bonds is 7. The van der Waals surface area contributed by atoms with Crippen molar-refractivity contribution in [2.75, 3.05) is 26.2 Å². The number of hydrogen-bond acceptors (Lipinski definition) is 3. The lowest BCUT2D eigenvalue weighted by Gasteiger charge is -2.16. The molecule has 3 rings (SSSR count). The lowest BCUT2D eigenvalue weighted by atomic mass is 10.1. The molecule has 0 saturated heterocycles. The van der Waals surface area contributed by atoms with Gasteiger partial charge in [0, 0.05) is 26.2 Å². The van der Waals surface area contributed by atoms with E-state index in [1.165, 1.54) is 17.0 Å². The van der Waals surface area contributed by atoms with E-state index in [0.29, 0.717) is 43.1 Å². The third kappa shape index (κ3) is 4.54. The van der Waals surface area contributed by atoms with Crippen molar-refractivity contribution in [2.24, 2.45) is 4.99 Å². The maximum atomic E-state index is 13.2. The topological polar surface area (TPSA) is 73.8 Å². The summed E-state index contributed by atoms with van der Waals surface area (Å²) in [7, 11) is 0. The Kier molecular flexibility index (Phi) is 6.37. The van der Waals surface area contributed by atoms with Crippen LogP contribution >= 0.6 is 0 Å². The molecule has 2 aromatic rings. The van der Waals surface area contributed by atoms with E-state index >= 15 is 0 Å². The number of halogens is 1. The first-order chi connectivity index (χ1) is 13.6. The average molecular weight is 382 g/mol. The summed E-state index contributed by atoms with van der Waals surface area (Å²) in [5.41, 5.74) is 1.77. The van der Waals surface area contributed by atoms with Crippen LogP contribution in [0.4, 0.5) is 4.39 Å².